The van der Waals surface area contributed by atoms with Crippen LogP contribution in [-0.2, 0) is 4.74 Å². The largest absolute Gasteiger partial charge is 0.380 e. The lowest BCUT2D eigenvalue weighted by Crippen LogP contribution is -2.47. The van der Waals surface area contributed by atoms with E-state index in [0.717, 1.165) is 38.2 Å². The van der Waals surface area contributed by atoms with Crippen LogP contribution in [-0.4, -0.2) is 24.5 Å². The quantitative estimate of drug-likeness (QED) is 0.818. The van der Waals surface area contributed by atoms with E-state index in [-0.39, 0.29) is 5.54 Å². The maximum absolute atomic E-state index is 6.28. The van der Waals surface area contributed by atoms with E-state index in [1.807, 2.05) is 17.8 Å². The molecule has 0 aliphatic carbocycles. The van der Waals surface area contributed by atoms with E-state index < -0.39 is 0 Å². The average Bonchev–Trinajstić information content (AvgIpc) is 2.31. The molecule has 0 saturated carbocycles. The van der Waals surface area contributed by atoms with E-state index in [9.17, 15) is 0 Å². The molecule has 1 unspecified atom stereocenters. The Balaban J connectivity index is 1.75. The Bertz CT molecular complexity index is 309. The fraction of sp³-hybridized carbons (Fsp3) is 0.538. The van der Waals surface area contributed by atoms with Crippen molar-refractivity contribution >= 4 is 11.8 Å². The lowest BCUT2D eigenvalue weighted by Gasteiger charge is -2.33. The third-order valence-electron chi connectivity index (χ3n) is 2.96. The van der Waals surface area contributed by atoms with Gasteiger partial charge in [0.05, 0.1) is 6.61 Å². The highest BCUT2D eigenvalue weighted by Gasteiger charge is 2.27. The molecule has 0 aromatic heterocycles. The zero-order valence-electron chi connectivity index (χ0n) is 9.52. The molecule has 1 aromatic carbocycles. The van der Waals surface area contributed by atoms with Crippen LogP contribution in [0.15, 0.2) is 35.2 Å². The Morgan fingerprint density at radius 1 is 1.31 bits per heavy atom. The fourth-order valence-electron chi connectivity index (χ4n) is 1.96. The topological polar surface area (TPSA) is 35.2 Å². The Kier molecular flexibility index (Phi) is 4.27. The molecule has 1 aliphatic heterocycles. The van der Waals surface area contributed by atoms with Gasteiger partial charge < -0.3 is 10.5 Å². The molecule has 1 aliphatic rings. The molecule has 1 atom stereocenters. The van der Waals surface area contributed by atoms with Crippen molar-refractivity contribution in [2.45, 2.75) is 29.7 Å². The molecule has 1 saturated heterocycles. The molecule has 1 heterocycles. The Hall–Kier alpha value is -0.510. The minimum atomic E-state index is -0.0833. The molecule has 0 spiro atoms. The fourth-order valence-corrected chi connectivity index (χ4v) is 3.05. The summed E-state index contributed by atoms with van der Waals surface area (Å²) >= 11 is 1.88. The molecule has 3 heteroatoms. The van der Waals surface area contributed by atoms with Gasteiger partial charge in [0.2, 0.25) is 0 Å². The van der Waals surface area contributed by atoms with Crippen molar-refractivity contribution in [1.29, 1.82) is 0 Å². The zero-order valence-corrected chi connectivity index (χ0v) is 10.3. The van der Waals surface area contributed by atoms with Crippen molar-refractivity contribution in [2.24, 2.45) is 5.73 Å². The number of ether oxygens (including phenoxy) is 1. The molecular formula is C13H19NOS. The van der Waals surface area contributed by atoms with Crippen LogP contribution in [0.5, 0.6) is 0 Å². The summed E-state index contributed by atoms with van der Waals surface area (Å²) in [6.07, 6.45) is 3.24. The molecule has 1 fully saturated rings. The third-order valence-corrected chi connectivity index (χ3v) is 3.98. The lowest BCUT2D eigenvalue weighted by atomic mass is 9.91. The van der Waals surface area contributed by atoms with Gasteiger partial charge in [-0.1, -0.05) is 18.2 Å². The monoisotopic (exact) mass is 237 g/mol. The van der Waals surface area contributed by atoms with Crippen LogP contribution in [0.3, 0.4) is 0 Å². The normalized spacial score (nSPS) is 25.6. The van der Waals surface area contributed by atoms with Crippen LogP contribution in [0, 0.1) is 0 Å². The molecule has 16 heavy (non-hydrogen) atoms. The van der Waals surface area contributed by atoms with Crippen LogP contribution in [0.2, 0.25) is 0 Å². The number of rotatable bonds is 4. The summed E-state index contributed by atoms with van der Waals surface area (Å²) in [5, 5.41) is 0. The highest BCUT2D eigenvalue weighted by Crippen LogP contribution is 2.25. The molecule has 88 valence electrons. The molecule has 0 radical (unpaired) electrons. The van der Waals surface area contributed by atoms with Crippen LogP contribution in [0.25, 0.3) is 0 Å². The van der Waals surface area contributed by atoms with Crippen molar-refractivity contribution in [3.8, 4) is 0 Å². The van der Waals surface area contributed by atoms with Gasteiger partial charge in [0, 0.05) is 17.0 Å². The number of nitrogens with two attached hydrogens (primary N) is 1. The third kappa shape index (κ3) is 3.51. The summed E-state index contributed by atoms with van der Waals surface area (Å²) in [5.74, 6) is 1.07. The van der Waals surface area contributed by atoms with Crippen molar-refractivity contribution in [2.75, 3.05) is 19.0 Å². The summed E-state index contributed by atoms with van der Waals surface area (Å²) in [5.41, 5.74) is 6.20. The van der Waals surface area contributed by atoms with Gasteiger partial charge in [-0.15, -0.1) is 11.8 Å². The molecular weight excluding hydrogens is 218 g/mol. The second-order valence-corrected chi connectivity index (χ2v) is 5.60. The number of thioether (sulfide) groups is 1. The summed E-state index contributed by atoms with van der Waals surface area (Å²) in [6.45, 7) is 1.60. The second kappa shape index (κ2) is 5.71. The van der Waals surface area contributed by atoms with Crippen LogP contribution in [0.1, 0.15) is 19.3 Å². The predicted octanol–water partition coefficient (Wildman–Crippen LogP) is 2.68. The van der Waals surface area contributed by atoms with Crippen molar-refractivity contribution in [1.82, 2.24) is 0 Å². The Morgan fingerprint density at radius 2 is 2.12 bits per heavy atom. The first-order valence-electron chi connectivity index (χ1n) is 5.83. The van der Waals surface area contributed by atoms with Gasteiger partial charge in [-0.2, -0.15) is 0 Å². The predicted molar refractivity (Wildman–Crippen MR) is 68.8 cm³/mol. The first-order chi connectivity index (χ1) is 7.79. The standard InChI is InChI=1S/C13H19NOS/c14-13(7-4-9-15-11-13)8-10-16-12-5-2-1-3-6-12/h1-3,5-6H,4,7-11,14H2. The van der Waals surface area contributed by atoms with E-state index in [1.165, 1.54) is 4.90 Å². The maximum Gasteiger partial charge on any atom is 0.0646 e. The van der Waals surface area contributed by atoms with Crippen molar-refractivity contribution < 1.29 is 4.74 Å². The molecule has 0 amide bonds. The Labute approximate surface area is 102 Å². The highest BCUT2D eigenvalue weighted by molar-refractivity contribution is 7.99. The van der Waals surface area contributed by atoms with Gasteiger partial charge in [-0.3, -0.25) is 0 Å². The van der Waals surface area contributed by atoms with E-state index in [0.29, 0.717) is 0 Å². The molecule has 2 N–H and O–H groups in total. The number of hydrogen-bond acceptors (Lipinski definition) is 3. The maximum atomic E-state index is 6.28. The smallest absolute Gasteiger partial charge is 0.0646 e. The van der Waals surface area contributed by atoms with Gasteiger partial charge in [-0.25, -0.2) is 0 Å². The molecule has 2 nitrogen and oxygen atoms in total. The van der Waals surface area contributed by atoms with Gasteiger partial charge in [0.15, 0.2) is 0 Å². The van der Waals surface area contributed by atoms with Gasteiger partial charge >= 0.3 is 0 Å². The van der Waals surface area contributed by atoms with E-state index >= 15 is 0 Å². The first-order valence-corrected chi connectivity index (χ1v) is 6.82. The minimum absolute atomic E-state index is 0.0833. The van der Waals surface area contributed by atoms with Crippen molar-refractivity contribution in [3.05, 3.63) is 30.3 Å². The summed E-state index contributed by atoms with van der Waals surface area (Å²) in [7, 11) is 0. The Morgan fingerprint density at radius 3 is 2.81 bits per heavy atom. The molecule has 2 rings (SSSR count). The lowest BCUT2D eigenvalue weighted by molar-refractivity contribution is 0.0370. The first kappa shape index (κ1) is 12.0. The highest BCUT2D eigenvalue weighted by atomic mass is 32.2. The van der Waals surface area contributed by atoms with E-state index in [4.69, 9.17) is 10.5 Å². The van der Waals surface area contributed by atoms with Gasteiger partial charge in [0.25, 0.3) is 0 Å². The summed E-state index contributed by atoms with van der Waals surface area (Å²) in [6, 6.07) is 10.5. The van der Waals surface area contributed by atoms with Crippen LogP contribution < -0.4 is 5.73 Å². The van der Waals surface area contributed by atoms with Gasteiger partial charge in [-0.05, 0) is 37.1 Å². The summed E-state index contributed by atoms with van der Waals surface area (Å²) in [4.78, 5) is 1.32. The SMILES string of the molecule is NC1(CCSc2ccccc2)CCCOC1. The average molecular weight is 237 g/mol. The second-order valence-electron chi connectivity index (χ2n) is 4.43. The number of benzene rings is 1. The summed E-state index contributed by atoms with van der Waals surface area (Å²) < 4.78 is 5.45. The molecule has 1 aromatic rings. The molecule has 0 bridgehead atoms. The van der Waals surface area contributed by atoms with E-state index in [1.54, 1.807) is 0 Å². The van der Waals surface area contributed by atoms with Crippen LogP contribution >= 0.6 is 11.8 Å². The van der Waals surface area contributed by atoms with Crippen molar-refractivity contribution in [3.63, 3.8) is 0 Å². The van der Waals surface area contributed by atoms with E-state index in [2.05, 4.69) is 24.3 Å². The van der Waals surface area contributed by atoms with Crippen LogP contribution in [0.4, 0.5) is 0 Å². The zero-order chi connectivity index (χ0) is 11.3. The van der Waals surface area contributed by atoms with Gasteiger partial charge in [0.1, 0.15) is 0 Å². The number of hydrogen-bond donors (Lipinski definition) is 1. The minimum Gasteiger partial charge on any atom is -0.380 e.